The molecule has 0 aliphatic heterocycles. The highest BCUT2D eigenvalue weighted by molar-refractivity contribution is 5.63. The Hall–Kier alpha value is -1.55. The zero-order chi connectivity index (χ0) is 12.0. The SMILES string of the molecule is CCC(C)c1ccc(OC(=O)OOC)cc1. The first-order chi connectivity index (χ1) is 7.67. The Morgan fingerprint density at radius 1 is 1.31 bits per heavy atom. The number of hydrogen-bond acceptors (Lipinski definition) is 4. The van der Waals surface area contributed by atoms with Crippen molar-refractivity contribution < 1.29 is 19.3 Å². The summed E-state index contributed by atoms with van der Waals surface area (Å²) in [7, 11) is 1.24. The van der Waals surface area contributed by atoms with Crippen molar-refractivity contribution in [3.8, 4) is 5.75 Å². The van der Waals surface area contributed by atoms with E-state index in [1.807, 2.05) is 12.1 Å². The minimum atomic E-state index is -0.876. The molecular weight excluding hydrogens is 208 g/mol. The van der Waals surface area contributed by atoms with E-state index in [1.165, 1.54) is 12.7 Å². The molecule has 0 aliphatic carbocycles. The van der Waals surface area contributed by atoms with Crippen LogP contribution in [-0.4, -0.2) is 13.3 Å². The van der Waals surface area contributed by atoms with Gasteiger partial charge in [0.25, 0.3) is 0 Å². The van der Waals surface area contributed by atoms with Gasteiger partial charge in [-0.05, 0) is 30.0 Å². The molecule has 0 saturated carbocycles. The first-order valence-corrected chi connectivity index (χ1v) is 5.19. The van der Waals surface area contributed by atoms with Crippen LogP contribution in [0.2, 0.25) is 0 Å². The lowest BCUT2D eigenvalue weighted by atomic mass is 9.99. The van der Waals surface area contributed by atoms with Crippen LogP contribution in [0.15, 0.2) is 24.3 Å². The molecule has 0 spiro atoms. The molecule has 1 aromatic rings. The summed E-state index contributed by atoms with van der Waals surface area (Å²) in [6, 6.07) is 7.34. The molecule has 4 nitrogen and oxygen atoms in total. The summed E-state index contributed by atoms with van der Waals surface area (Å²) in [6.45, 7) is 4.28. The third kappa shape index (κ3) is 3.55. The average Bonchev–Trinajstić information content (AvgIpc) is 2.29. The van der Waals surface area contributed by atoms with Crippen molar-refractivity contribution in [3.63, 3.8) is 0 Å². The van der Waals surface area contributed by atoms with Gasteiger partial charge < -0.3 is 4.74 Å². The van der Waals surface area contributed by atoms with Crippen LogP contribution in [-0.2, 0) is 9.78 Å². The smallest absolute Gasteiger partial charge is 0.393 e. The Labute approximate surface area is 95.1 Å². The van der Waals surface area contributed by atoms with Gasteiger partial charge >= 0.3 is 6.16 Å². The summed E-state index contributed by atoms with van der Waals surface area (Å²) in [5.74, 6) is 0.939. The lowest BCUT2D eigenvalue weighted by Gasteiger charge is -2.09. The van der Waals surface area contributed by atoms with Crippen molar-refractivity contribution in [2.45, 2.75) is 26.2 Å². The molecule has 88 valence electrons. The first kappa shape index (κ1) is 12.5. The van der Waals surface area contributed by atoms with Gasteiger partial charge in [0.05, 0.1) is 7.11 Å². The molecule has 16 heavy (non-hydrogen) atoms. The number of ether oxygens (including phenoxy) is 1. The predicted octanol–water partition coefficient (Wildman–Crippen LogP) is 3.28. The normalized spacial score (nSPS) is 11.9. The van der Waals surface area contributed by atoms with Crippen LogP contribution in [0.1, 0.15) is 31.7 Å². The van der Waals surface area contributed by atoms with Crippen LogP contribution >= 0.6 is 0 Å². The summed E-state index contributed by atoms with van der Waals surface area (Å²) >= 11 is 0. The molecule has 0 fully saturated rings. The van der Waals surface area contributed by atoms with Crippen molar-refractivity contribution in [3.05, 3.63) is 29.8 Å². The van der Waals surface area contributed by atoms with Crippen molar-refractivity contribution in [1.82, 2.24) is 0 Å². The fraction of sp³-hybridized carbons (Fsp3) is 0.417. The van der Waals surface area contributed by atoms with Crippen molar-refractivity contribution >= 4 is 6.16 Å². The predicted molar refractivity (Wildman–Crippen MR) is 59.3 cm³/mol. The van der Waals surface area contributed by atoms with E-state index >= 15 is 0 Å². The largest absolute Gasteiger partial charge is 0.546 e. The van der Waals surface area contributed by atoms with Gasteiger partial charge in [-0.1, -0.05) is 26.0 Å². The van der Waals surface area contributed by atoms with Crippen LogP contribution in [0, 0.1) is 0 Å². The monoisotopic (exact) mass is 224 g/mol. The highest BCUT2D eigenvalue weighted by Gasteiger charge is 2.07. The summed E-state index contributed by atoms with van der Waals surface area (Å²) in [6.07, 6.45) is 0.199. The summed E-state index contributed by atoms with van der Waals surface area (Å²) in [4.78, 5) is 19.3. The van der Waals surface area contributed by atoms with E-state index in [-0.39, 0.29) is 0 Å². The second-order valence-corrected chi connectivity index (χ2v) is 3.48. The van der Waals surface area contributed by atoms with E-state index in [0.29, 0.717) is 11.7 Å². The Balaban J connectivity index is 2.61. The van der Waals surface area contributed by atoms with Crippen molar-refractivity contribution in [2.24, 2.45) is 0 Å². The van der Waals surface area contributed by atoms with E-state index in [0.717, 1.165) is 6.42 Å². The molecule has 1 aromatic carbocycles. The number of carbonyl (C=O) groups is 1. The minimum absolute atomic E-state index is 0.439. The maximum absolute atomic E-state index is 10.9. The Morgan fingerprint density at radius 2 is 1.94 bits per heavy atom. The molecule has 4 heteroatoms. The van der Waals surface area contributed by atoms with E-state index < -0.39 is 6.16 Å². The molecular formula is C12H16O4. The topological polar surface area (TPSA) is 44.8 Å². The summed E-state index contributed by atoms with van der Waals surface area (Å²) in [5.41, 5.74) is 1.22. The van der Waals surface area contributed by atoms with Gasteiger partial charge in [0.15, 0.2) is 0 Å². The standard InChI is InChI=1S/C12H16O4/c1-4-9(2)10-5-7-11(8-6-10)15-12(13)16-14-3/h5-9H,4H2,1-3H3. The Bertz CT molecular complexity index is 331. The lowest BCUT2D eigenvalue weighted by Crippen LogP contribution is -2.09. The molecule has 0 bridgehead atoms. The summed E-state index contributed by atoms with van der Waals surface area (Å²) < 4.78 is 4.84. The molecule has 0 radical (unpaired) electrons. The first-order valence-electron chi connectivity index (χ1n) is 5.19. The van der Waals surface area contributed by atoms with Gasteiger partial charge in [-0.3, -0.25) is 4.89 Å². The zero-order valence-corrected chi connectivity index (χ0v) is 9.73. The second kappa shape index (κ2) is 6.12. The van der Waals surface area contributed by atoms with Crippen LogP contribution in [0.3, 0.4) is 0 Å². The molecule has 0 aromatic heterocycles. The molecule has 0 aliphatic rings. The summed E-state index contributed by atoms with van der Waals surface area (Å²) in [5, 5.41) is 0. The molecule has 0 saturated heterocycles. The van der Waals surface area contributed by atoms with Gasteiger partial charge in [-0.25, -0.2) is 4.79 Å². The third-order valence-electron chi connectivity index (χ3n) is 2.41. The fourth-order valence-corrected chi connectivity index (χ4v) is 1.28. The van der Waals surface area contributed by atoms with Crippen molar-refractivity contribution in [1.29, 1.82) is 0 Å². The fourth-order valence-electron chi connectivity index (χ4n) is 1.28. The van der Waals surface area contributed by atoms with Crippen LogP contribution in [0.25, 0.3) is 0 Å². The maximum Gasteiger partial charge on any atom is 0.546 e. The van der Waals surface area contributed by atoms with Crippen molar-refractivity contribution in [2.75, 3.05) is 7.11 Å². The quantitative estimate of drug-likeness (QED) is 0.341. The van der Waals surface area contributed by atoms with Crippen LogP contribution in [0.4, 0.5) is 4.79 Å². The van der Waals surface area contributed by atoms with E-state index in [4.69, 9.17) is 4.74 Å². The van der Waals surface area contributed by atoms with E-state index in [1.54, 1.807) is 12.1 Å². The molecule has 0 N–H and O–H groups in total. The van der Waals surface area contributed by atoms with E-state index in [9.17, 15) is 4.79 Å². The van der Waals surface area contributed by atoms with Crippen LogP contribution < -0.4 is 4.74 Å². The third-order valence-corrected chi connectivity index (χ3v) is 2.41. The van der Waals surface area contributed by atoms with Gasteiger partial charge in [-0.15, -0.1) is 0 Å². The van der Waals surface area contributed by atoms with Gasteiger partial charge in [0, 0.05) is 0 Å². The highest BCUT2D eigenvalue weighted by Crippen LogP contribution is 2.21. The maximum atomic E-state index is 10.9. The molecule has 0 amide bonds. The zero-order valence-electron chi connectivity index (χ0n) is 9.73. The Kier molecular flexibility index (Phi) is 4.79. The lowest BCUT2D eigenvalue weighted by molar-refractivity contribution is -0.224. The van der Waals surface area contributed by atoms with Gasteiger partial charge in [-0.2, -0.15) is 4.89 Å². The number of benzene rings is 1. The number of carbonyl (C=O) groups excluding carboxylic acids is 1. The minimum Gasteiger partial charge on any atom is -0.393 e. The second-order valence-electron chi connectivity index (χ2n) is 3.48. The Morgan fingerprint density at radius 3 is 2.44 bits per heavy atom. The van der Waals surface area contributed by atoms with Gasteiger partial charge in [0.2, 0.25) is 0 Å². The molecule has 1 rings (SSSR count). The van der Waals surface area contributed by atoms with Crippen LogP contribution in [0.5, 0.6) is 5.75 Å². The molecule has 1 atom stereocenters. The number of rotatable bonds is 4. The molecule has 0 heterocycles. The van der Waals surface area contributed by atoms with Gasteiger partial charge in [0.1, 0.15) is 5.75 Å². The number of hydrogen-bond donors (Lipinski definition) is 0. The highest BCUT2D eigenvalue weighted by atomic mass is 17.2. The van der Waals surface area contributed by atoms with E-state index in [2.05, 4.69) is 23.6 Å². The average molecular weight is 224 g/mol. The molecule has 1 unspecified atom stereocenters.